The van der Waals surface area contributed by atoms with Crippen molar-refractivity contribution in [1.29, 1.82) is 0 Å². The van der Waals surface area contributed by atoms with Crippen LogP contribution in [-0.4, -0.2) is 32.9 Å². The SMILES string of the molecule is CC[C@H](NC(=S)Nc1cccc(C(=O)OC)c1)c1ccc(S(C)(=O)=O)cc1. The van der Waals surface area contributed by atoms with Crippen molar-refractivity contribution in [3.05, 3.63) is 59.7 Å². The normalized spacial score (nSPS) is 12.1. The number of anilines is 1. The number of ether oxygens (including phenoxy) is 1. The Balaban J connectivity index is 2.08. The van der Waals surface area contributed by atoms with Gasteiger partial charge in [0, 0.05) is 11.9 Å². The van der Waals surface area contributed by atoms with Crippen molar-refractivity contribution in [3.8, 4) is 0 Å². The van der Waals surface area contributed by atoms with Gasteiger partial charge in [-0.3, -0.25) is 0 Å². The molecule has 0 aliphatic carbocycles. The Kier molecular flexibility index (Phi) is 6.92. The highest BCUT2D eigenvalue weighted by molar-refractivity contribution is 7.90. The average molecular weight is 407 g/mol. The van der Waals surface area contributed by atoms with E-state index in [4.69, 9.17) is 17.0 Å². The highest BCUT2D eigenvalue weighted by atomic mass is 32.2. The fraction of sp³-hybridized carbons (Fsp3) is 0.263. The summed E-state index contributed by atoms with van der Waals surface area (Å²) in [7, 11) is -1.90. The predicted octanol–water partition coefficient (Wildman–Crippen LogP) is 3.31. The van der Waals surface area contributed by atoms with Crippen LogP contribution in [0.5, 0.6) is 0 Å². The van der Waals surface area contributed by atoms with Crippen molar-refractivity contribution in [1.82, 2.24) is 5.32 Å². The highest BCUT2D eigenvalue weighted by Gasteiger charge is 2.13. The minimum absolute atomic E-state index is 0.0811. The number of rotatable bonds is 6. The summed E-state index contributed by atoms with van der Waals surface area (Å²) in [6.07, 6.45) is 1.93. The molecule has 2 aromatic rings. The Morgan fingerprint density at radius 1 is 1.19 bits per heavy atom. The molecule has 0 heterocycles. The number of hydrogen-bond acceptors (Lipinski definition) is 5. The van der Waals surface area contributed by atoms with Crippen LogP contribution in [0.25, 0.3) is 0 Å². The van der Waals surface area contributed by atoms with Gasteiger partial charge in [0.1, 0.15) is 0 Å². The lowest BCUT2D eigenvalue weighted by molar-refractivity contribution is 0.0601. The molecule has 0 amide bonds. The number of benzene rings is 2. The van der Waals surface area contributed by atoms with Gasteiger partial charge in [0.15, 0.2) is 14.9 Å². The van der Waals surface area contributed by atoms with Crippen LogP contribution in [0.3, 0.4) is 0 Å². The van der Waals surface area contributed by atoms with Crippen molar-refractivity contribution in [2.75, 3.05) is 18.7 Å². The number of thiocarbonyl (C=S) groups is 1. The molecule has 2 N–H and O–H groups in total. The summed E-state index contributed by atoms with van der Waals surface area (Å²) in [6.45, 7) is 2.00. The van der Waals surface area contributed by atoms with E-state index in [1.807, 2.05) is 6.92 Å². The van der Waals surface area contributed by atoms with E-state index >= 15 is 0 Å². The zero-order valence-corrected chi connectivity index (χ0v) is 17.0. The first kappa shape index (κ1) is 20.9. The smallest absolute Gasteiger partial charge is 0.337 e. The maximum atomic E-state index is 11.6. The average Bonchev–Trinajstić information content (AvgIpc) is 2.65. The minimum atomic E-state index is -3.23. The van der Waals surface area contributed by atoms with Crippen LogP contribution in [-0.2, 0) is 14.6 Å². The quantitative estimate of drug-likeness (QED) is 0.562. The largest absolute Gasteiger partial charge is 0.465 e. The molecule has 27 heavy (non-hydrogen) atoms. The van der Waals surface area contributed by atoms with Crippen molar-refractivity contribution in [2.24, 2.45) is 0 Å². The summed E-state index contributed by atoms with van der Waals surface area (Å²) in [5.74, 6) is -0.421. The molecule has 0 fully saturated rings. The second-order valence-electron chi connectivity index (χ2n) is 5.97. The molecule has 8 heteroatoms. The van der Waals surface area contributed by atoms with Gasteiger partial charge in [-0.05, 0) is 54.5 Å². The third kappa shape index (κ3) is 5.77. The molecule has 144 valence electrons. The van der Waals surface area contributed by atoms with Crippen LogP contribution in [0.15, 0.2) is 53.4 Å². The van der Waals surface area contributed by atoms with E-state index in [1.165, 1.54) is 13.4 Å². The van der Waals surface area contributed by atoms with E-state index in [1.54, 1.807) is 48.5 Å². The van der Waals surface area contributed by atoms with Crippen LogP contribution >= 0.6 is 12.2 Å². The molecule has 0 unspecified atom stereocenters. The lowest BCUT2D eigenvalue weighted by Gasteiger charge is -2.20. The first-order valence-corrected chi connectivity index (χ1v) is 10.6. The molecule has 2 rings (SSSR count). The molecule has 0 aromatic heterocycles. The molecule has 0 aliphatic heterocycles. The summed E-state index contributed by atoms with van der Waals surface area (Å²) in [6, 6.07) is 13.5. The molecule has 2 aromatic carbocycles. The van der Waals surface area contributed by atoms with Gasteiger partial charge in [-0.15, -0.1) is 0 Å². The monoisotopic (exact) mass is 406 g/mol. The lowest BCUT2D eigenvalue weighted by Crippen LogP contribution is -2.32. The predicted molar refractivity (Wildman–Crippen MR) is 110 cm³/mol. The van der Waals surface area contributed by atoms with E-state index in [0.29, 0.717) is 16.4 Å². The van der Waals surface area contributed by atoms with Gasteiger partial charge in [-0.1, -0.05) is 25.1 Å². The Hall–Kier alpha value is -2.45. The molecule has 0 aliphatic rings. The third-order valence-electron chi connectivity index (χ3n) is 3.97. The number of sulfone groups is 1. The number of esters is 1. The minimum Gasteiger partial charge on any atom is -0.465 e. The van der Waals surface area contributed by atoms with E-state index < -0.39 is 15.8 Å². The van der Waals surface area contributed by atoms with Crippen molar-refractivity contribution in [3.63, 3.8) is 0 Å². The Morgan fingerprint density at radius 2 is 1.85 bits per heavy atom. The Labute approximate surface area is 164 Å². The van der Waals surface area contributed by atoms with E-state index in [-0.39, 0.29) is 10.9 Å². The number of nitrogens with one attached hydrogen (secondary N) is 2. The maximum Gasteiger partial charge on any atom is 0.337 e. The molecule has 0 bridgehead atoms. The molecule has 0 saturated heterocycles. The second kappa shape index (κ2) is 8.96. The number of carbonyl (C=O) groups is 1. The number of methoxy groups -OCH3 is 1. The van der Waals surface area contributed by atoms with Crippen LogP contribution < -0.4 is 10.6 Å². The van der Waals surface area contributed by atoms with Gasteiger partial charge in [0.25, 0.3) is 0 Å². The maximum absolute atomic E-state index is 11.6. The Morgan fingerprint density at radius 3 is 2.41 bits per heavy atom. The topological polar surface area (TPSA) is 84.5 Å². The van der Waals surface area contributed by atoms with Crippen LogP contribution in [0.4, 0.5) is 5.69 Å². The molecule has 1 atom stereocenters. The number of carbonyl (C=O) groups excluding carboxylic acids is 1. The van der Waals surface area contributed by atoms with Crippen molar-refractivity contribution < 1.29 is 17.9 Å². The summed E-state index contributed by atoms with van der Waals surface area (Å²) >= 11 is 5.37. The summed E-state index contributed by atoms with van der Waals surface area (Å²) < 4.78 is 27.9. The fourth-order valence-corrected chi connectivity index (χ4v) is 3.43. The summed E-state index contributed by atoms with van der Waals surface area (Å²) in [5, 5.41) is 6.65. The standard InChI is InChI=1S/C19H22N2O4S2/c1-4-17(13-8-10-16(11-9-13)27(3,23)24)21-19(26)20-15-7-5-6-14(12-15)18(22)25-2/h5-12,17H,4H2,1-3H3,(H2,20,21,26)/t17-/m0/s1. The molecule has 0 radical (unpaired) electrons. The summed E-state index contributed by atoms with van der Waals surface area (Å²) in [5.41, 5.74) is 2.02. The summed E-state index contributed by atoms with van der Waals surface area (Å²) in [4.78, 5) is 11.9. The second-order valence-corrected chi connectivity index (χ2v) is 8.40. The molecule has 6 nitrogen and oxygen atoms in total. The molecular formula is C19H22N2O4S2. The molecule has 0 spiro atoms. The highest BCUT2D eigenvalue weighted by Crippen LogP contribution is 2.20. The fourth-order valence-electron chi connectivity index (χ4n) is 2.54. The van der Waals surface area contributed by atoms with E-state index in [2.05, 4.69) is 10.6 Å². The third-order valence-corrected chi connectivity index (χ3v) is 5.31. The Bertz CT molecular complexity index is 925. The van der Waals surface area contributed by atoms with Crippen LogP contribution in [0.2, 0.25) is 0 Å². The van der Waals surface area contributed by atoms with E-state index in [9.17, 15) is 13.2 Å². The van der Waals surface area contributed by atoms with Gasteiger partial charge in [0.2, 0.25) is 0 Å². The van der Waals surface area contributed by atoms with Crippen molar-refractivity contribution in [2.45, 2.75) is 24.3 Å². The first-order valence-electron chi connectivity index (χ1n) is 8.30. The van der Waals surface area contributed by atoms with Gasteiger partial charge >= 0.3 is 5.97 Å². The van der Waals surface area contributed by atoms with Crippen LogP contribution in [0.1, 0.15) is 35.3 Å². The lowest BCUT2D eigenvalue weighted by atomic mass is 10.1. The first-order chi connectivity index (χ1) is 12.7. The van der Waals surface area contributed by atoms with E-state index in [0.717, 1.165) is 12.0 Å². The van der Waals surface area contributed by atoms with Gasteiger partial charge in [-0.25, -0.2) is 13.2 Å². The molecular weight excluding hydrogens is 384 g/mol. The van der Waals surface area contributed by atoms with Crippen molar-refractivity contribution >= 4 is 38.8 Å². The van der Waals surface area contributed by atoms with Gasteiger partial charge in [-0.2, -0.15) is 0 Å². The van der Waals surface area contributed by atoms with Crippen LogP contribution in [0, 0.1) is 0 Å². The molecule has 0 saturated carbocycles. The van der Waals surface area contributed by atoms with Gasteiger partial charge in [0.05, 0.1) is 23.6 Å². The number of hydrogen-bond donors (Lipinski definition) is 2. The zero-order valence-electron chi connectivity index (χ0n) is 15.4. The van der Waals surface area contributed by atoms with Gasteiger partial charge < -0.3 is 15.4 Å². The zero-order chi connectivity index (χ0) is 20.0.